The first-order valence-corrected chi connectivity index (χ1v) is 33.3. The fourth-order valence-electron chi connectivity index (χ4n) is 11.8. The number of phenolic OH excluding ortho intramolecular Hbond substituents is 3. The highest BCUT2D eigenvalue weighted by atomic mass is 16.3. The van der Waals surface area contributed by atoms with E-state index in [-0.39, 0.29) is 0 Å². The first kappa shape index (κ1) is 72.4. The van der Waals surface area contributed by atoms with E-state index < -0.39 is 0 Å². The smallest absolute Gasteiger partial charge is 0.125 e. The van der Waals surface area contributed by atoms with Crippen LogP contribution in [0.15, 0.2) is 203 Å². The summed E-state index contributed by atoms with van der Waals surface area (Å²) in [7, 11) is 8.15. The molecule has 15 heteroatoms. The van der Waals surface area contributed by atoms with Crippen LogP contribution in [0.2, 0.25) is 0 Å². The average Bonchev–Trinajstić information content (AvgIpc) is 1.74. The van der Waals surface area contributed by atoms with Crippen LogP contribution in [0, 0.1) is 0 Å². The summed E-state index contributed by atoms with van der Waals surface area (Å²) in [6.45, 7) is 26.8. The molecule has 12 N–H and O–H groups in total. The van der Waals surface area contributed by atoms with E-state index in [0.717, 1.165) is 128 Å². The van der Waals surface area contributed by atoms with Gasteiger partial charge < -0.3 is 71.0 Å². The van der Waals surface area contributed by atoms with Crippen LogP contribution in [0.1, 0.15) is 60.1 Å². The van der Waals surface area contributed by atoms with E-state index in [1.807, 2.05) is 80.3 Å². The SMILES string of the molecule is C=CCN(C)CCc1c[nH]c2ccccc12.C=CCN(CC=C)CCc1c[nH]c2ccccc12.CCCN(CCC)CCc1c[nH]c2ccccc12.CN(C)CCc1c[nH]c2cccc(O)c12.CNCCc1c[nH]c2cccc(O)c12.NCCc1c[nH]c2cccc(O)c12. The van der Waals surface area contributed by atoms with Gasteiger partial charge in [-0.15, -0.1) is 19.7 Å². The number of benzene rings is 6. The number of fused-ring (bicyclic) bond motifs is 6. The number of nitrogens with two attached hydrogens (primary N) is 1. The van der Waals surface area contributed by atoms with Crippen LogP contribution in [-0.4, -0.2) is 165 Å². The Hall–Kier alpha value is -9.06. The van der Waals surface area contributed by atoms with Crippen molar-refractivity contribution in [1.82, 2.24) is 54.8 Å². The molecular weight excluding hydrogens is 1160 g/mol. The second-order valence-electron chi connectivity index (χ2n) is 24.0. The molecule has 0 atom stereocenters. The van der Waals surface area contributed by atoms with Crippen LogP contribution in [0.5, 0.6) is 17.2 Å². The molecule has 498 valence electrons. The quantitative estimate of drug-likeness (QED) is 0.0221. The number of nitrogens with zero attached hydrogens (tertiary/aromatic N) is 4. The summed E-state index contributed by atoms with van der Waals surface area (Å²) in [6.07, 6.45) is 26.5. The molecule has 12 aromatic rings. The lowest BCUT2D eigenvalue weighted by Gasteiger charge is -2.20. The Morgan fingerprint density at radius 1 is 0.394 bits per heavy atom. The Kier molecular flexibility index (Phi) is 29.9. The third-order valence-corrected chi connectivity index (χ3v) is 16.7. The summed E-state index contributed by atoms with van der Waals surface area (Å²) in [5, 5.41) is 39.0. The van der Waals surface area contributed by atoms with Gasteiger partial charge in [-0.3, -0.25) is 4.90 Å². The Balaban J connectivity index is 0.000000160. The van der Waals surface area contributed by atoms with E-state index in [9.17, 15) is 15.3 Å². The van der Waals surface area contributed by atoms with Crippen molar-refractivity contribution in [3.63, 3.8) is 0 Å². The zero-order valence-electron chi connectivity index (χ0n) is 56.6. The van der Waals surface area contributed by atoms with Crippen molar-refractivity contribution in [2.24, 2.45) is 5.73 Å². The van der Waals surface area contributed by atoms with Crippen molar-refractivity contribution in [2.75, 3.05) is 100 Å². The van der Waals surface area contributed by atoms with E-state index in [2.05, 4.69) is 201 Å². The van der Waals surface area contributed by atoms with Crippen LogP contribution in [0.4, 0.5) is 0 Å². The molecule has 0 saturated carbocycles. The van der Waals surface area contributed by atoms with Gasteiger partial charge >= 0.3 is 0 Å². The summed E-state index contributed by atoms with van der Waals surface area (Å²) in [5.74, 6) is 1.04. The Morgan fingerprint density at radius 2 is 0.734 bits per heavy atom. The van der Waals surface area contributed by atoms with Crippen LogP contribution in [0.3, 0.4) is 0 Å². The molecule has 0 radical (unpaired) electrons. The zero-order valence-corrected chi connectivity index (χ0v) is 56.6. The van der Waals surface area contributed by atoms with Crippen molar-refractivity contribution in [1.29, 1.82) is 0 Å². The molecule has 6 heterocycles. The van der Waals surface area contributed by atoms with E-state index in [0.29, 0.717) is 23.8 Å². The van der Waals surface area contributed by atoms with Crippen molar-refractivity contribution in [2.45, 2.75) is 65.2 Å². The van der Waals surface area contributed by atoms with Gasteiger partial charge in [-0.05, 0) is 194 Å². The third-order valence-electron chi connectivity index (χ3n) is 16.7. The molecule has 94 heavy (non-hydrogen) atoms. The molecule has 6 aromatic heterocycles. The van der Waals surface area contributed by atoms with E-state index in [4.69, 9.17) is 5.73 Å². The molecule has 0 aliphatic rings. The zero-order chi connectivity index (χ0) is 67.0. The number of rotatable bonds is 27. The lowest BCUT2D eigenvalue weighted by atomic mass is 10.1. The molecule has 0 saturated heterocycles. The minimum atomic E-state index is 0.321. The van der Waals surface area contributed by atoms with Gasteiger partial charge in [0.05, 0.1) is 0 Å². The van der Waals surface area contributed by atoms with Crippen molar-refractivity contribution >= 4 is 65.4 Å². The molecule has 0 unspecified atom stereocenters. The number of phenols is 3. The van der Waals surface area contributed by atoms with Gasteiger partial charge in [0.1, 0.15) is 17.2 Å². The van der Waals surface area contributed by atoms with Crippen LogP contribution in [-0.2, 0) is 38.5 Å². The number of nitrogens with one attached hydrogen (secondary N) is 7. The first-order chi connectivity index (χ1) is 45.8. The summed E-state index contributed by atoms with van der Waals surface area (Å²) in [5.41, 5.74) is 19.8. The minimum absolute atomic E-state index is 0.321. The van der Waals surface area contributed by atoms with E-state index in [1.165, 1.54) is 87.4 Å². The second-order valence-corrected chi connectivity index (χ2v) is 24.0. The Morgan fingerprint density at radius 3 is 1.12 bits per heavy atom. The predicted octanol–water partition coefficient (Wildman–Crippen LogP) is 15.0. The van der Waals surface area contributed by atoms with Crippen molar-refractivity contribution < 1.29 is 15.3 Å². The number of para-hydroxylation sites is 3. The number of H-pyrrole nitrogens is 6. The summed E-state index contributed by atoms with van der Waals surface area (Å²) < 4.78 is 0. The Labute approximate surface area is 557 Å². The van der Waals surface area contributed by atoms with Crippen LogP contribution >= 0.6 is 0 Å². The first-order valence-electron chi connectivity index (χ1n) is 33.3. The summed E-state index contributed by atoms with van der Waals surface area (Å²) in [4.78, 5) is 28.7. The monoisotopic (exact) mass is 1270 g/mol. The maximum absolute atomic E-state index is 9.77. The molecule has 6 aromatic carbocycles. The lowest BCUT2D eigenvalue weighted by Crippen LogP contribution is -2.27. The highest BCUT2D eigenvalue weighted by Crippen LogP contribution is 2.30. The number of aromatic hydroxyl groups is 3. The Bertz CT molecular complexity index is 4140. The summed E-state index contributed by atoms with van der Waals surface area (Å²) >= 11 is 0. The van der Waals surface area contributed by atoms with Crippen LogP contribution < -0.4 is 11.1 Å². The molecule has 15 nitrogen and oxygen atoms in total. The molecule has 0 amide bonds. The molecule has 0 bridgehead atoms. The van der Waals surface area contributed by atoms with Gasteiger partial charge in [-0.25, -0.2) is 0 Å². The topological polar surface area (TPSA) is 206 Å². The number of likely N-dealkylation sites (N-methyl/N-ethyl adjacent to an activating group) is 3. The molecule has 0 spiro atoms. The van der Waals surface area contributed by atoms with Gasteiger partial charge in [0.2, 0.25) is 0 Å². The maximum Gasteiger partial charge on any atom is 0.125 e. The molecule has 0 aliphatic carbocycles. The average molecular weight is 1270 g/mol. The van der Waals surface area contributed by atoms with Gasteiger partial charge in [0.25, 0.3) is 0 Å². The highest BCUT2D eigenvalue weighted by molar-refractivity contribution is 5.91. The third kappa shape index (κ3) is 21.2. The molecule has 12 rings (SSSR count). The summed E-state index contributed by atoms with van der Waals surface area (Å²) in [6, 6.07) is 42.0. The predicted molar refractivity (Wildman–Crippen MR) is 400 cm³/mol. The van der Waals surface area contributed by atoms with Gasteiger partial charge in [0, 0.05) is 148 Å². The fourth-order valence-corrected chi connectivity index (χ4v) is 11.8. The second kappa shape index (κ2) is 38.8. The number of aromatic nitrogens is 6. The van der Waals surface area contributed by atoms with Gasteiger partial charge in [0.15, 0.2) is 0 Å². The highest BCUT2D eigenvalue weighted by Gasteiger charge is 2.12. The van der Waals surface area contributed by atoms with Crippen molar-refractivity contribution in [3.8, 4) is 17.2 Å². The lowest BCUT2D eigenvalue weighted by molar-refractivity contribution is 0.278. The van der Waals surface area contributed by atoms with Gasteiger partial charge in [-0.2, -0.15) is 0 Å². The normalized spacial score (nSPS) is 11.1. The van der Waals surface area contributed by atoms with E-state index in [1.54, 1.807) is 18.2 Å². The van der Waals surface area contributed by atoms with E-state index >= 15 is 0 Å². The molecule has 0 fully saturated rings. The number of hydrogen-bond donors (Lipinski definition) is 11. The largest absolute Gasteiger partial charge is 0.507 e. The van der Waals surface area contributed by atoms with Crippen LogP contribution in [0.25, 0.3) is 65.4 Å². The number of hydrogen-bond acceptors (Lipinski definition) is 9. The number of aromatic amines is 6. The van der Waals surface area contributed by atoms with Crippen molar-refractivity contribution in [3.05, 3.63) is 236 Å². The maximum atomic E-state index is 9.77. The minimum Gasteiger partial charge on any atom is -0.507 e. The van der Waals surface area contributed by atoms with Gasteiger partial charge in [-0.1, -0.05) is 105 Å². The molecule has 0 aliphatic heterocycles. The fraction of sp³-hybridized carbons (Fsp3) is 0.316. The standard InChI is InChI=1S/C16H24N2.C16H20N2.C14H18N2.C12H16N2O.C11H14N2O.C10H12N2O/c2*1-3-10-18(11-4-2)12-9-14-13-17-16-8-6-5-7-15(14)16;1-3-9-16(2)10-8-12-11-15-14-7-5-4-6-13(12)14;1-14(2)7-6-9-8-13-10-4-3-5-11(15)12(9)10;1-12-6-5-8-7-13-9-3-2-4-10(14)11(8)9;11-5-4-7-6-12-8-2-1-3-9(13)10(7)8/h5-8,13,17H,3-4,9-12H2,1-2H3;3-8,13,17H,1-2,9-12H2;3-7,11,15H,1,8-10H2,2H3;3-5,8,13,15H,6-7H2,1-2H3;2-4,7,12-14H,5-6H2,1H3;1-3,6,12-13H,4-5,11H2. The molecular formula is C79H104N12O3.